The summed E-state index contributed by atoms with van der Waals surface area (Å²) in [5, 5.41) is 2.67. The number of amides is 1. The molecule has 0 aromatic carbocycles. The fraction of sp³-hybridized carbons (Fsp3) is 0.800. The molecule has 0 unspecified atom stereocenters. The quantitative estimate of drug-likeness (QED) is 0.496. The molecule has 1 fully saturated rings. The summed E-state index contributed by atoms with van der Waals surface area (Å²) < 4.78 is 0. The number of piperidine rings is 1. The third-order valence-electron chi connectivity index (χ3n) is 1.33. The van der Waals surface area contributed by atoms with Crippen LogP contribution in [0.3, 0.4) is 0 Å². The monoisotopic (exact) mass is 150 g/mol. The molecule has 0 aliphatic carbocycles. The van der Waals surface area contributed by atoms with E-state index >= 15 is 0 Å². The minimum Gasteiger partial charge on any atom is -0.355 e. The average Bonchev–Trinajstić information content (AvgIpc) is 1.77. The Morgan fingerprint density at radius 3 is 2.67 bits per heavy atom. The number of carbonyl (C=O) groups is 1. The van der Waals surface area contributed by atoms with Gasteiger partial charge in [0.05, 0.1) is 6.04 Å². The number of halogens is 1. The Labute approximate surface area is 60.4 Å². The minimum atomic E-state index is -0.247. The van der Waals surface area contributed by atoms with Gasteiger partial charge in [0.25, 0.3) is 0 Å². The predicted molar refractivity (Wildman–Crippen MR) is 37.5 cm³/mol. The normalized spacial score (nSPS) is 26.3. The van der Waals surface area contributed by atoms with Crippen molar-refractivity contribution < 1.29 is 4.79 Å². The van der Waals surface area contributed by atoms with Gasteiger partial charge in [-0.15, -0.1) is 12.4 Å². The fourth-order valence-electron chi connectivity index (χ4n) is 0.796. The van der Waals surface area contributed by atoms with Gasteiger partial charge in [-0.1, -0.05) is 0 Å². The van der Waals surface area contributed by atoms with Crippen LogP contribution in [0.1, 0.15) is 12.8 Å². The van der Waals surface area contributed by atoms with Crippen LogP contribution >= 0.6 is 12.4 Å². The summed E-state index contributed by atoms with van der Waals surface area (Å²) in [6.07, 6.45) is 1.86. The van der Waals surface area contributed by atoms with E-state index < -0.39 is 0 Å². The summed E-state index contributed by atoms with van der Waals surface area (Å²) in [5.74, 6) is -0.00347. The largest absolute Gasteiger partial charge is 0.355 e. The van der Waals surface area contributed by atoms with Gasteiger partial charge in [0.15, 0.2) is 0 Å². The molecule has 0 aromatic heterocycles. The van der Waals surface area contributed by atoms with Crippen LogP contribution in [0.25, 0.3) is 0 Å². The molecule has 3 N–H and O–H groups in total. The molecular formula is C5H11ClN2O. The zero-order valence-electron chi connectivity index (χ0n) is 5.09. The van der Waals surface area contributed by atoms with Crippen molar-refractivity contribution in [3.05, 3.63) is 0 Å². The second-order valence-electron chi connectivity index (χ2n) is 2.04. The summed E-state index contributed by atoms with van der Waals surface area (Å²) in [6, 6.07) is -0.247. The van der Waals surface area contributed by atoms with E-state index in [-0.39, 0.29) is 24.4 Å². The third kappa shape index (κ3) is 2.20. The molecule has 0 bridgehead atoms. The molecule has 1 heterocycles. The van der Waals surface area contributed by atoms with Crippen LogP contribution in [0.15, 0.2) is 0 Å². The van der Waals surface area contributed by atoms with Crippen molar-refractivity contribution in [1.29, 1.82) is 0 Å². The Balaban J connectivity index is 0.000000640. The van der Waals surface area contributed by atoms with Crippen LogP contribution < -0.4 is 11.1 Å². The molecule has 0 radical (unpaired) electrons. The second-order valence-corrected chi connectivity index (χ2v) is 2.04. The van der Waals surface area contributed by atoms with Gasteiger partial charge in [0.1, 0.15) is 0 Å². The van der Waals surface area contributed by atoms with Crippen LogP contribution in [0, 0.1) is 0 Å². The maximum Gasteiger partial charge on any atom is 0.236 e. The lowest BCUT2D eigenvalue weighted by Gasteiger charge is -2.16. The van der Waals surface area contributed by atoms with Gasteiger partial charge in [-0.3, -0.25) is 4.79 Å². The van der Waals surface area contributed by atoms with Crippen molar-refractivity contribution in [2.75, 3.05) is 6.54 Å². The number of hydrogen-bond acceptors (Lipinski definition) is 2. The first-order valence-corrected chi connectivity index (χ1v) is 2.84. The Morgan fingerprint density at radius 2 is 2.33 bits per heavy atom. The van der Waals surface area contributed by atoms with Crippen molar-refractivity contribution in [2.45, 2.75) is 18.9 Å². The fourth-order valence-corrected chi connectivity index (χ4v) is 0.796. The van der Waals surface area contributed by atoms with Crippen molar-refractivity contribution in [1.82, 2.24) is 5.32 Å². The molecule has 0 saturated carbocycles. The molecule has 1 aliphatic rings. The van der Waals surface area contributed by atoms with E-state index in [2.05, 4.69) is 5.32 Å². The molecule has 1 aliphatic heterocycles. The molecule has 9 heavy (non-hydrogen) atoms. The molecule has 0 spiro atoms. The van der Waals surface area contributed by atoms with E-state index in [4.69, 9.17) is 5.73 Å². The standard InChI is InChI=1S/C5H10N2O.ClH/c6-4-2-1-3-7-5(4)8;/h4H,1-3,6H2,(H,7,8);1H/t4-;/m0./s1. The highest BCUT2D eigenvalue weighted by atomic mass is 35.5. The van der Waals surface area contributed by atoms with Crippen molar-refractivity contribution in [2.24, 2.45) is 5.73 Å². The summed E-state index contributed by atoms with van der Waals surface area (Å²) in [4.78, 5) is 10.6. The Hall–Kier alpha value is -0.280. The molecular weight excluding hydrogens is 140 g/mol. The van der Waals surface area contributed by atoms with E-state index in [0.717, 1.165) is 19.4 Å². The van der Waals surface area contributed by atoms with Crippen LogP contribution in [0.2, 0.25) is 0 Å². The van der Waals surface area contributed by atoms with Crippen molar-refractivity contribution in [3.63, 3.8) is 0 Å². The first-order chi connectivity index (χ1) is 3.80. The number of rotatable bonds is 0. The van der Waals surface area contributed by atoms with Gasteiger partial charge in [-0.05, 0) is 12.8 Å². The molecule has 54 valence electrons. The molecule has 1 saturated heterocycles. The predicted octanol–water partition coefficient (Wildman–Crippen LogP) is -0.355. The zero-order chi connectivity index (χ0) is 5.98. The highest BCUT2D eigenvalue weighted by molar-refractivity contribution is 5.85. The van der Waals surface area contributed by atoms with Crippen LogP contribution in [0.4, 0.5) is 0 Å². The molecule has 0 aromatic rings. The SMILES string of the molecule is Cl.N[C@H]1CCCNC1=O. The molecule has 1 rings (SSSR count). The van der Waals surface area contributed by atoms with Gasteiger partial charge in [-0.2, -0.15) is 0 Å². The Bertz CT molecular complexity index is 107. The lowest BCUT2D eigenvalue weighted by molar-refractivity contribution is -0.123. The van der Waals surface area contributed by atoms with Gasteiger partial charge >= 0.3 is 0 Å². The lowest BCUT2D eigenvalue weighted by Crippen LogP contribution is -2.45. The first kappa shape index (κ1) is 8.72. The Kier molecular flexibility index (Phi) is 3.58. The topological polar surface area (TPSA) is 55.1 Å². The lowest BCUT2D eigenvalue weighted by atomic mass is 10.1. The first-order valence-electron chi connectivity index (χ1n) is 2.84. The van der Waals surface area contributed by atoms with Gasteiger partial charge in [-0.25, -0.2) is 0 Å². The van der Waals surface area contributed by atoms with E-state index in [0.29, 0.717) is 0 Å². The minimum absolute atomic E-state index is 0. The van der Waals surface area contributed by atoms with Crippen LogP contribution in [0.5, 0.6) is 0 Å². The third-order valence-corrected chi connectivity index (χ3v) is 1.33. The molecule has 1 amide bonds. The Morgan fingerprint density at radius 1 is 1.67 bits per heavy atom. The van der Waals surface area contributed by atoms with E-state index in [1.807, 2.05) is 0 Å². The second kappa shape index (κ2) is 3.69. The van der Waals surface area contributed by atoms with E-state index in [9.17, 15) is 4.79 Å². The summed E-state index contributed by atoms with van der Waals surface area (Å²) >= 11 is 0. The van der Waals surface area contributed by atoms with E-state index in [1.54, 1.807) is 0 Å². The van der Waals surface area contributed by atoms with Crippen LogP contribution in [-0.4, -0.2) is 18.5 Å². The highest BCUT2D eigenvalue weighted by Gasteiger charge is 2.15. The van der Waals surface area contributed by atoms with Crippen molar-refractivity contribution in [3.8, 4) is 0 Å². The summed E-state index contributed by atoms with van der Waals surface area (Å²) in [6.45, 7) is 0.798. The van der Waals surface area contributed by atoms with Gasteiger partial charge in [0.2, 0.25) is 5.91 Å². The average molecular weight is 151 g/mol. The number of carbonyl (C=O) groups excluding carboxylic acids is 1. The molecule has 1 atom stereocenters. The number of nitrogens with two attached hydrogens (primary N) is 1. The smallest absolute Gasteiger partial charge is 0.236 e. The molecule has 3 nitrogen and oxygen atoms in total. The van der Waals surface area contributed by atoms with E-state index in [1.165, 1.54) is 0 Å². The number of nitrogens with one attached hydrogen (secondary N) is 1. The molecule has 4 heteroatoms. The highest BCUT2D eigenvalue weighted by Crippen LogP contribution is 1.98. The summed E-state index contributed by atoms with van der Waals surface area (Å²) in [7, 11) is 0. The number of hydrogen-bond donors (Lipinski definition) is 2. The van der Waals surface area contributed by atoms with Crippen molar-refractivity contribution >= 4 is 18.3 Å². The zero-order valence-corrected chi connectivity index (χ0v) is 5.91. The maximum atomic E-state index is 10.6. The maximum absolute atomic E-state index is 10.6. The van der Waals surface area contributed by atoms with Gasteiger partial charge in [0, 0.05) is 6.54 Å². The summed E-state index contributed by atoms with van der Waals surface area (Å²) in [5.41, 5.74) is 5.37. The van der Waals surface area contributed by atoms with Gasteiger partial charge < -0.3 is 11.1 Å². The van der Waals surface area contributed by atoms with Crippen LogP contribution in [-0.2, 0) is 4.79 Å².